The molecule has 122 valence electrons. The van der Waals surface area contributed by atoms with E-state index >= 15 is 0 Å². The number of halogens is 5. The predicted molar refractivity (Wildman–Crippen MR) is 61.8 cm³/mol. The van der Waals surface area contributed by atoms with Gasteiger partial charge in [-0.25, -0.2) is 0 Å². The first-order valence-corrected chi connectivity index (χ1v) is 6.45. The molecular formula is C12H16F5NO3. The number of amides is 1. The molecule has 4 nitrogen and oxygen atoms in total. The molecule has 1 N–H and O–H groups in total. The average Bonchev–Trinajstić information content (AvgIpc) is 2.37. The van der Waals surface area contributed by atoms with Crippen LogP contribution >= 0.6 is 0 Å². The molecule has 1 aliphatic heterocycles. The second-order valence-electron chi connectivity index (χ2n) is 5.24. The Morgan fingerprint density at radius 1 is 1.24 bits per heavy atom. The van der Waals surface area contributed by atoms with E-state index in [2.05, 4.69) is 0 Å². The number of likely N-dealkylation sites (tertiary alicyclic amines) is 1. The highest BCUT2D eigenvalue weighted by molar-refractivity contribution is 5.85. The van der Waals surface area contributed by atoms with Gasteiger partial charge in [-0.3, -0.25) is 9.59 Å². The van der Waals surface area contributed by atoms with Crippen molar-refractivity contribution in [1.29, 1.82) is 0 Å². The van der Waals surface area contributed by atoms with Crippen LogP contribution < -0.4 is 0 Å². The summed E-state index contributed by atoms with van der Waals surface area (Å²) in [5.41, 5.74) is -1.45. The molecule has 1 fully saturated rings. The number of rotatable bonds is 4. The van der Waals surface area contributed by atoms with Gasteiger partial charge in [0.15, 0.2) is 0 Å². The number of carboxylic acids is 1. The topological polar surface area (TPSA) is 57.6 Å². The molecule has 0 bridgehead atoms. The fourth-order valence-corrected chi connectivity index (χ4v) is 2.59. The van der Waals surface area contributed by atoms with Crippen LogP contribution in [-0.4, -0.2) is 47.1 Å². The lowest BCUT2D eigenvalue weighted by Gasteiger charge is -2.41. The molecule has 0 aromatic carbocycles. The third-order valence-corrected chi connectivity index (χ3v) is 3.67. The van der Waals surface area contributed by atoms with E-state index in [9.17, 15) is 36.6 Å². The zero-order valence-corrected chi connectivity index (χ0v) is 11.3. The molecule has 1 atom stereocenters. The Bertz CT molecular complexity index is 420. The first kappa shape index (κ1) is 17.6. The Morgan fingerprint density at radius 2 is 1.81 bits per heavy atom. The average molecular weight is 317 g/mol. The third kappa shape index (κ3) is 3.26. The van der Waals surface area contributed by atoms with Gasteiger partial charge in [0.25, 0.3) is 0 Å². The highest BCUT2D eigenvalue weighted by atomic mass is 19.4. The van der Waals surface area contributed by atoms with Crippen LogP contribution in [0.15, 0.2) is 0 Å². The molecule has 0 radical (unpaired) electrons. The van der Waals surface area contributed by atoms with E-state index < -0.39 is 35.9 Å². The minimum absolute atomic E-state index is 0.0754. The van der Waals surface area contributed by atoms with Crippen molar-refractivity contribution in [2.24, 2.45) is 5.41 Å². The van der Waals surface area contributed by atoms with E-state index in [0.29, 0.717) is 11.3 Å². The fourth-order valence-electron chi connectivity index (χ4n) is 2.59. The zero-order chi connectivity index (χ0) is 16.5. The molecular weight excluding hydrogens is 301 g/mol. The van der Waals surface area contributed by atoms with Crippen LogP contribution in [0.4, 0.5) is 22.0 Å². The summed E-state index contributed by atoms with van der Waals surface area (Å²) in [5, 5.41) is 9.23. The number of carboxylic acid groups (broad SMARTS) is 1. The van der Waals surface area contributed by atoms with Crippen molar-refractivity contribution in [2.75, 3.05) is 13.1 Å². The van der Waals surface area contributed by atoms with Crippen LogP contribution in [0.25, 0.3) is 0 Å². The van der Waals surface area contributed by atoms with E-state index in [1.54, 1.807) is 6.92 Å². The normalized spacial score (nSPS) is 24.0. The second kappa shape index (κ2) is 5.76. The Morgan fingerprint density at radius 3 is 2.24 bits per heavy atom. The number of piperidine rings is 1. The minimum Gasteiger partial charge on any atom is -0.481 e. The summed E-state index contributed by atoms with van der Waals surface area (Å²) < 4.78 is 62.8. The van der Waals surface area contributed by atoms with Crippen molar-refractivity contribution in [3.05, 3.63) is 0 Å². The quantitative estimate of drug-likeness (QED) is 0.811. The van der Waals surface area contributed by atoms with Crippen LogP contribution in [-0.2, 0) is 9.59 Å². The van der Waals surface area contributed by atoms with Gasteiger partial charge in [0.2, 0.25) is 0 Å². The van der Waals surface area contributed by atoms with Gasteiger partial charge in [-0.15, -0.1) is 0 Å². The molecule has 9 heteroatoms. The maximum atomic E-state index is 13.1. The summed E-state index contributed by atoms with van der Waals surface area (Å²) >= 11 is 0. The highest BCUT2D eigenvalue weighted by Crippen LogP contribution is 2.40. The van der Waals surface area contributed by atoms with Crippen molar-refractivity contribution in [3.8, 4) is 0 Å². The summed E-state index contributed by atoms with van der Waals surface area (Å²) in [6.07, 6.45) is -5.23. The Balaban J connectivity index is 3.00. The molecule has 1 unspecified atom stereocenters. The number of hydrogen-bond acceptors (Lipinski definition) is 2. The van der Waals surface area contributed by atoms with Gasteiger partial charge in [-0.1, -0.05) is 13.3 Å². The van der Waals surface area contributed by atoms with E-state index in [4.69, 9.17) is 0 Å². The van der Waals surface area contributed by atoms with Crippen LogP contribution in [0.5, 0.6) is 0 Å². The smallest absolute Gasteiger partial charge is 0.463 e. The fraction of sp³-hybridized carbons (Fsp3) is 0.833. The van der Waals surface area contributed by atoms with E-state index in [1.165, 1.54) is 0 Å². The number of carbonyl (C=O) groups is 2. The first-order valence-electron chi connectivity index (χ1n) is 6.45. The number of aliphatic carboxylic acids is 1. The number of alkyl halides is 5. The van der Waals surface area contributed by atoms with E-state index in [1.807, 2.05) is 0 Å². The lowest BCUT2D eigenvalue weighted by Crippen LogP contribution is -2.57. The number of hydrogen-bond donors (Lipinski definition) is 1. The maximum absolute atomic E-state index is 13.1. The Hall–Kier alpha value is -1.41. The van der Waals surface area contributed by atoms with Gasteiger partial charge in [-0.2, -0.15) is 22.0 Å². The van der Waals surface area contributed by atoms with Crippen molar-refractivity contribution < 1.29 is 36.6 Å². The maximum Gasteiger partial charge on any atom is 0.463 e. The molecule has 1 saturated heterocycles. The van der Waals surface area contributed by atoms with Crippen molar-refractivity contribution in [2.45, 2.75) is 44.7 Å². The second-order valence-corrected chi connectivity index (χ2v) is 5.24. The molecule has 1 rings (SSSR count). The van der Waals surface area contributed by atoms with Crippen LogP contribution in [0, 0.1) is 5.41 Å². The summed E-state index contributed by atoms with van der Waals surface area (Å²) in [7, 11) is 0. The largest absolute Gasteiger partial charge is 0.481 e. The van der Waals surface area contributed by atoms with Crippen molar-refractivity contribution >= 4 is 11.9 Å². The molecule has 1 aliphatic rings. The summed E-state index contributed by atoms with van der Waals surface area (Å²) in [4.78, 5) is 23.1. The van der Waals surface area contributed by atoms with Crippen molar-refractivity contribution in [1.82, 2.24) is 4.90 Å². The van der Waals surface area contributed by atoms with Crippen LogP contribution in [0.3, 0.4) is 0 Å². The summed E-state index contributed by atoms with van der Waals surface area (Å²) in [6, 6.07) is 0. The molecule has 0 spiro atoms. The molecule has 0 aromatic rings. The SMILES string of the molecule is CCCC1(C(=O)O)CCCN(C(=O)C(F)(F)C(F)(F)F)C1. The third-order valence-electron chi connectivity index (χ3n) is 3.67. The van der Waals surface area contributed by atoms with Gasteiger partial charge in [-0.05, 0) is 19.3 Å². The standard InChI is InChI=1S/C12H16F5NO3/c1-2-4-10(9(20)21)5-3-6-18(7-10)8(19)11(13,14)12(15,16)17/h2-7H2,1H3,(H,20,21). The Labute approximate surface area is 117 Å². The first-order chi connectivity index (χ1) is 9.48. The van der Waals surface area contributed by atoms with E-state index in [-0.39, 0.29) is 25.8 Å². The van der Waals surface area contributed by atoms with Crippen LogP contribution in [0.1, 0.15) is 32.6 Å². The number of carbonyl (C=O) groups excluding carboxylic acids is 1. The minimum atomic E-state index is -5.99. The molecule has 0 aliphatic carbocycles. The van der Waals surface area contributed by atoms with Crippen molar-refractivity contribution in [3.63, 3.8) is 0 Å². The molecule has 0 saturated carbocycles. The molecule has 0 aromatic heterocycles. The van der Waals surface area contributed by atoms with Gasteiger partial charge < -0.3 is 10.0 Å². The van der Waals surface area contributed by atoms with Gasteiger partial charge >= 0.3 is 24.0 Å². The molecule has 1 heterocycles. The number of nitrogens with zero attached hydrogens (tertiary/aromatic N) is 1. The molecule has 1 amide bonds. The predicted octanol–water partition coefficient (Wildman–Crippen LogP) is 2.68. The van der Waals surface area contributed by atoms with Gasteiger partial charge in [0.1, 0.15) is 0 Å². The van der Waals surface area contributed by atoms with Crippen LogP contribution in [0.2, 0.25) is 0 Å². The monoisotopic (exact) mass is 317 g/mol. The lowest BCUT2D eigenvalue weighted by atomic mass is 9.76. The summed E-state index contributed by atoms with van der Waals surface area (Å²) in [5.74, 6) is -9.16. The lowest BCUT2D eigenvalue weighted by molar-refractivity contribution is -0.275. The highest BCUT2D eigenvalue weighted by Gasteiger charge is 2.65. The Kier molecular flexibility index (Phi) is 4.84. The molecule has 21 heavy (non-hydrogen) atoms. The van der Waals surface area contributed by atoms with E-state index in [0.717, 1.165) is 0 Å². The van der Waals surface area contributed by atoms with Gasteiger partial charge in [0.05, 0.1) is 5.41 Å². The zero-order valence-electron chi connectivity index (χ0n) is 11.3. The summed E-state index contributed by atoms with van der Waals surface area (Å²) in [6.45, 7) is 0.750. The van der Waals surface area contributed by atoms with Gasteiger partial charge in [0, 0.05) is 13.1 Å².